The summed E-state index contributed by atoms with van der Waals surface area (Å²) in [6.07, 6.45) is 10.4. The van der Waals surface area contributed by atoms with Gasteiger partial charge in [-0.15, -0.1) is 0 Å². The Labute approximate surface area is 89.2 Å². The van der Waals surface area contributed by atoms with E-state index in [0.717, 1.165) is 18.5 Å². The van der Waals surface area contributed by atoms with Gasteiger partial charge in [0, 0.05) is 24.5 Å². The van der Waals surface area contributed by atoms with Gasteiger partial charge in [-0.25, -0.2) is 0 Å². The van der Waals surface area contributed by atoms with Crippen LogP contribution in [0.3, 0.4) is 0 Å². The number of nitrogens with zero attached hydrogens (tertiary/aromatic N) is 1. The Morgan fingerprint density at radius 1 is 1.47 bits per heavy atom. The molecule has 0 aliphatic heterocycles. The molecular formula is C12H14N2O. The molecule has 0 aromatic carbocycles. The number of rotatable bonds is 3. The van der Waals surface area contributed by atoms with Gasteiger partial charge in [0.25, 0.3) is 0 Å². The fourth-order valence-electron chi connectivity index (χ4n) is 1.75. The number of carbonyl (C=O) groups is 1. The number of hydrogen-bond acceptors (Lipinski definition) is 2. The summed E-state index contributed by atoms with van der Waals surface area (Å²) in [7, 11) is 0. The minimum atomic E-state index is 0.0813. The monoisotopic (exact) mass is 202 g/mol. The van der Waals surface area contributed by atoms with Crippen LogP contribution in [0.1, 0.15) is 19.3 Å². The van der Waals surface area contributed by atoms with Crippen LogP contribution in [0.25, 0.3) is 0 Å². The summed E-state index contributed by atoms with van der Waals surface area (Å²) >= 11 is 0. The Morgan fingerprint density at radius 2 is 2.27 bits per heavy atom. The van der Waals surface area contributed by atoms with Gasteiger partial charge in [0.1, 0.15) is 0 Å². The third kappa shape index (κ3) is 2.91. The quantitative estimate of drug-likeness (QED) is 0.764. The zero-order valence-electron chi connectivity index (χ0n) is 8.52. The van der Waals surface area contributed by atoms with Crippen molar-refractivity contribution < 1.29 is 4.79 Å². The Hall–Kier alpha value is -1.64. The first-order chi connectivity index (χ1) is 7.34. The van der Waals surface area contributed by atoms with Gasteiger partial charge in [-0.1, -0.05) is 12.2 Å². The molecule has 78 valence electrons. The van der Waals surface area contributed by atoms with Crippen LogP contribution in [0.4, 0.5) is 5.69 Å². The summed E-state index contributed by atoms with van der Waals surface area (Å²) in [5, 5.41) is 2.86. The van der Waals surface area contributed by atoms with E-state index in [4.69, 9.17) is 0 Å². The van der Waals surface area contributed by atoms with Gasteiger partial charge in [0.05, 0.1) is 0 Å². The molecule has 1 atom stereocenters. The molecule has 1 unspecified atom stereocenters. The van der Waals surface area contributed by atoms with Crippen molar-refractivity contribution >= 4 is 11.6 Å². The van der Waals surface area contributed by atoms with Crippen LogP contribution < -0.4 is 5.32 Å². The maximum Gasteiger partial charge on any atom is 0.224 e. The van der Waals surface area contributed by atoms with Crippen molar-refractivity contribution in [3.63, 3.8) is 0 Å². The highest BCUT2D eigenvalue weighted by atomic mass is 16.1. The predicted molar refractivity (Wildman–Crippen MR) is 59.3 cm³/mol. The van der Waals surface area contributed by atoms with Gasteiger partial charge in [-0.05, 0) is 30.9 Å². The third-order valence-electron chi connectivity index (χ3n) is 2.52. The average molecular weight is 202 g/mol. The molecule has 0 bridgehead atoms. The van der Waals surface area contributed by atoms with Gasteiger partial charge >= 0.3 is 0 Å². The number of pyridine rings is 1. The van der Waals surface area contributed by atoms with Crippen LogP contribution in [0.15, 0.2) is 36.7 Å². The first-order valence-electron chi connectivity index (χ1n) is 5.21. The van der Waals surface area contributed by atoms with Crippen LogP contribution in [0, 0.1) is 5.92 Å². The molecule has 1 aromatic heterocycles. The highest BCUT2D eigenvalue weighted by molar-refractivity contribution is 5.90. The summed E-state index contributed by atoms with van der Waals surface area (Å²) in [5.41, 5.74) is 0.817. The standard InChI is InChI=1S/C12H14N2O/c15-12(9-10-3-1-2-4-10)14-11-5-7-13-8-6-11/h1,3,5-8,10H,2,4,9H2,(H,13,14,15). The molecule has 1 amide bonds. The van der Waals surface area contributed by atoms with E-state index < -0.39 is 0 Å². The lowest BCUT2D eigenvalue weighted by Gasteiger charge is -2.08. The second kappa shape index (κ2) is 4.73. The van der Waals surface area contributed by atoms with Crippen LogP contribution in [-0.4, -0.2) is 10.9 Å². The van der Waals surface area contributed by atoms with Gasteiger partial charge in [-0.3, -0.25) is 9.78 Å². The number of carbonyl (C=O) groups excluding carboxylic acids is 1. The summed E-state index contributed by atoms with van der Waals surface area (Å²) in [6.45, 7) is 0. The third-order valence-corrected chi connectivity index (χ3v) is 2.52. The predicted octanol–water partition coefficient (Wildman–Crippen LogP) is 2.38. The largest absolute Gasteiger partial charge is 0.326 e. The van der Waals surface area contributed by atoms with Gasteiger partial charge in [0.2, 0.25) is 5.91 Å². The lowest BCUT2D eigenvalue weighted by Crippen LogP contribution is -2.14. The van der Waals surface area contributed by atoms with E-state index in [1.54, 1.807) is 24.5 Å². The van der Waals surface area contributed by atoms with Crippen molar-refractivity contribution in [3.8, 4) is 0 Å². The molecule has 3 heteroatoms. The molecule has 1 aromatic rings. The molecule has 1 N–H and O–H groups in total. The molecule has 15 heavy (non-hydrogen) atoms. The van der Waals surface area contributed by atoms with E-state index in [9.17, 15) is 4.79 Å². The van der Waals surface area contributed by atoms with Crippen LogP contribution >= 0.6 is 0 Å². The van der Waals surface area contributed by atoms with Crippen molar-refractivity contribution in [2.24, 2.45) is 5.92 Å². The molecule has 0 saturated heterocycles. The van der Waals surface area contributed by atoms with Crippen molar-refractivity contribution in [1.29, 1.82) is 0 Å². The van der Waals surface area contributed by atoms with E-state index in [1.165, 1.54) is 0 Å². The Balaban J connectivity index is 1.84. The van der Waals surface area contributed by atoms with E-state index in [2.05, 4.69) is 22.5 Å². The van der Waals surface area contributed by atoms with Crippen molar-refractivity contribution in [3.05, 3.63) is 36.7 Å². The minimum absolute atomic E-state index is 0.0813. The zero-order valence-corrected chi connectivity index (χ0v) is 8.52. The zero-order chi connectivity index (χ0) is 10.5. The van der Waals surface area contributed by atoms with E-state index >= 15 is 0 Å². The Bertz CT molecular complexity index is 359. The summed E-state index contributed by atoms with van der Waals surface area (Å²) in [5.74, 6) is 0.504. The maximum atomic E-state index is 11.6. The smallest absolute Gasteiger partial charge is 0.224 e. The molecule has 2 rings (SSSR count). The second-order valence-electron chi connectivity index (χ2n) is 3.75. The molecule has 0 spiro atoms. The fourth-order valence-corrected chi connectivity index (χ4v) is 1.75. The normalized spacial score (nSPS) is 19.1. The molecular weight excluding hydrogens is 188 g/mol. The number of hydrogen-bond donors (Lipinski definition) is 1. The second-order valence-corrected chi connectivity index (χ2v) is 3.75. The molecule has 0 fully saturated rings. The number of amides is 1. The average Bonchev–Trinajstić information content (AvgIpc) is 2.71. The molecule has 0 saturated carbocycles. The highest BCUT2D eigenvalue weighted by Crippen LogP contribution is 2.20. The number of aromatic nitrogens is 1. The first-order valence-corrected chi connectivity index (χ1v) is 5.21. The lowest BCUT2D eigenvalue weighted by atomic mass is 10.1. The Kier molecular flexibility index (Phi) is 3.12. The summed E-state index contributed by atoms with van der Waals surface area (Å²) in [4.78, 5) is 15.5. The SMILES string of the molecule is O=C(CC1C=CCC1)Nc1ccncc1. The summed E-state index contributed by atoms with van der Waals surface area (Å²) < 4.78 is 0. The fraction of sp³-hybridized carbons (Fsp3) is 0.333. The minimum Gasteiger partial charge on any atom is -0.326 e. The van der Waals surface area contributed by atoms with Crippen molar-refractivity contribution in [1.82, 2.24) is 4.98 Å². The molecule has 3 nitrogen and oxygen atoms in total. The Morgan fingerprint density at radius 3 is 2.93 bits per heavy atom. The van der Waals surface area contributed by atoms with Gasteiger partial charge < -0.3 is 5.32 Å². The van der Waals surface area contributed by atoms with Gasteiger partial charge in [-0.2, -0.15) is 0 Å². The van der Waals surface area contributed by atoms with Crippen molar-refractivity contribution in [2.75, 3.05) is 5.32 Å². The van der Waals surface area contributed by atoms with E-state index in [1.807, 2.05) is 0 Å². The lowest BCUT2D eigenvalue weighted by molar-refractivity contribution is -0.116. The maximum absolute atomic E-state index is 11.6. The molecule has 1 heterocycles. The highest BCUT2D eigenvalue weighted by Gasteiger charge is 2.13. The molecule has 1 aliphatic carbocycles. The summed E-state index contributed by atoms with van der Waals surface area (Å²) in [6, 6.07) is 3.59. The van der Waals surface area contributed by atoms with Crippen LogP contribution in [0.5, 0.6) is 0 Å². The van der Waals surface area contributed by atoms with Gasteiger partial charge in [0.15, 0.2) is 0 Å². The number of anilines is 1. The topological polar surface area (TPSA) is 42.0 Å². The first kappa shape index (κ1) is 9.90. The number of nitrogens with one attached hydrogen (secondary N) is 1. The van der Waals surface area contributed by atoms with Crippen LogP contribution in [0.2, 0.25) is 0 Å². The number of allylic oxidation sites excluding steroid dienone is 2. The van der Waals surface area contributed by atoms with Crippen molar-refractivity contribution in [2.45, 2.75) is 19.3 Å². The molecule has 1 aliphatic rings. The van der Waals surface area contributed by atoms with Crippen LogP contribution in [-0.2, 0) is 4.79 Å². The van der Waals surface area contributed by atoms with E-state index in [0.29, 0.717) is 12.3 Å². The van der Waals surface area contributed by atoms with E-state index in [-0.39, 0.29) is 5.91 Å². The molecule has 0 radical (unpaired) electrons.